The van der Waals surface area contributed by atoms with Crippen LogP contribution in [0.15, 0.2) is 48.5 Å². The zero-order valence-electron chi connectivity index (χ0n) is 12.7. The molecule has 0 aromatic heterocycles. The average molecular weight is 301 g/mol. The summed E-state index contributed by atoms with van der Waals surface area (Å²) in [5.41, 5.74) is 1.89. The summed E-state index contributed by atoms with van der Waals surface area (Å²) in [7, 11) is 0. The number of aliphatic hydroxyl groups is 1. The van der Waals surface area contributed by atoms with E-state index >= 15 is 0 Å². The second-order valence-corrected chi connectivity index (χ2v) is 5.63. The van der Waals surface area contributed by atoms with Gasteiger partial charge in [0.05, 0.1) is 6.10 Å². The number of hydrogen-bond donors (Lipinski definition) is 4. The Morgan fingerprint density at radius 2 is 1.73 bits per heavy atom. The Balaban J connectivity index is 1.75. The Kier molecular flexibility index (Phi) is 5.81. The van der Waals surface area contributed by atoms with Crippen LogP contribution in [0.2, 0.25) is 0 Å². The number of aromatic hydroxyl groups is 2. The van der Waals surface area contributed by atoms with Crippen molar-refractivity contribution in [1.29, 1.82) is 0 Å². The van der Waals surface area contributed by atoms with Gasteiger partial charge in [-0.3, -0.25) is 0 Å². The molecule has 0 heterocycles. The maximum Gasteiger partial charge on any atom is 0.115 e. The van der Waals surface area contributed by atoms with Crippen LogP contribution in [0.1, 0.15) is 30.6 Å². The fourth-order valence-corrected chi connectivity index (χ4v) is 2.32. The van der Waals surface area contributed by atoms with Crippen molar-refractivity contribution in [3.8, 4) is 11.5 Å². The first kappa shape index (κ1) is 16.3. The van der Waals surface area contributed by atoms with Crippen LogP contribution in [0.3, 0.4) is 0 Å². The molecule has 4 heteroatoms. The van der Waals surface area contributed by atoms with Crippen LogP contribution in [0, 0.1) is 0 Å². The Bertz CT molecular complexity index is 583. The van der Waals surface area contributed by atoms with Crippen molar-refractivity contribution in [3.63, 3.8) is 0 Å². The quantitative estimate of drug-likeness (QED) is 0.634. The van der Waals surface area contributed by atoms with E-state index in [1.165, 1.54) is 0 Å². The van der Waals surface area contributed by atoms with Crippen LogP contribution in [0.4, 0.5) is 0 Å². The van der Waals surface area contributed by atoms with Crippen LogP contribution < -0.4 is 5.32 Å². The average Bonchev–Trinajstić information content (AvgIpc) is 2.51. The summed E-state index contributed by atoms with van der Waals surface area (Å²) in [5.74, 6) is 0.490. The summed E-state index contributed by atoms with van der Waals surface area (Å²) < 4.78 is 0. The highest BCUT2D eigenvalue weighted by Crippen LogP contribution is 2.17. The smallest absolute Gasteiger partial charge is 0.115 e. The van der Waals surface area contributed by atoms with Gasteiger partial charge >= 0.3 is 0 Å². The highest BCUT2D eigenvalue weighted by Gasteiger charge is 2.09. The topological polar surface area (TPSA) is 72.7 Å². The third-order valence-electron chi connectivity index (χ3n) is 3.71. The lowest BCUT2D eigenvalue weighted by Gasteiger charge is -2.17. The minimum atomic E-state index is -0.594. The molecule has 4 nitrogen and oxygen atoms in total. The van der Waals surface area contributed by atoms with Crippen molar-refractivity contribution < 1.29 is 15.3 Å². The zero-order chi connectivity index (χ0) is 15.9. The fraction of sp³-hybridized carbons (Fsp3) is 0.333. The molecule has 0 saturated carbocycles. The minimum absolute atomic E-state index is 0.198. The third-order valence-corrected chi connectivity index (χ3v) is 3.71. The van der Waals surface area contributed by atoms with Crippen LogP contribution in [0.5, 0.6) is 11.5 Å². The Hall–Kier alpha value is -2.04. The van der Waals surface area contributed by atoms with Gasteiger partial charge in [-0.1, -0.05) is 24.3 Å². The van der Waals surface area contributed by atoms with E-state index in [4.69, 9.17) is 0 Å². The van der Waals surface area contributed by atoms with Gasteiger partial charge in [-0.25, -0.2) is 0 Å². The number of benzene rings is 2. The summed E-state index contributed by atoms with van der Waals surface area (Å²) in [6.07, 6.45) is 1.20. The predicted octanol–water partition coefficient (Wildman–Crippen LogP) is 2.74. The molecule has 2 unspecified atom stereocenters. The minimum Gasteiger partial charge on any atom is -0.508 e. The first-order valence-electron chi connectivity index (χ1n) is 7.53. The van der Waals surface area contributed by atoms with Gasteiger partial charge in [0.1, 0.15) is 11.5 Å². The van der Waals surface area contributed by atoms with Crippen molar-refractivity contribution in [2.45, 2.75) is 31.9 Å². The lowest BCUT2D eigenvalue weighted by Crippen LogP contribution is -2.30. The molecule has 4 N–H and O–H groups in total. The molecule has 0 radical (unpaired) electrons. The number of hydrogen-bond acceptors (Lipinski definition) is 4. The molecule has 0 spiro atoms. The molecule has 0 bridgehead atoms. The molecular formula is C18H23NO3. The van der Waals surface area contributed by atoms with E-state index in [0.29, 0.717) is 12.3 Å². The van der Waals surface area contributed by atoms with Gasteiger partial charge < -0.3 is 20.6 Å². The standard InChI is InChI=1S/C18H23NO3/c1-13(5-6-14-3-2-4-17(21)11-14)19-12-18(22)15-7-9-16(20)10-8-15/h2-4,7-11,13,18-22H,5-6,12H2,1H3. The first-order valence-corrected chi connectivity index (χ1v) is 7.53. The van der Waals surface area contributed by atoms with Gasteiger partial charge in [0.15, 0.2) is 0 Å². The summed E-state index contributed by atoms with van der Waals surface area (Å²) >= 11 is 0. The number of rotatable bonds is 7. The Morgan fingerprint density at radius 1 is 1.00 bits per heavy atom. The van der Waals surface area contributed by atoms with Crippen LogP contribution in [0.25, 0.3) is 0 Å². The second kappa shape index (κ2) is 7.82. The van der Waals surface area contributed by atoms with Gasteiger partial charge in [0, 0.05) is 12.6 Å². The molecule has 0 aliphatic carbocycles. The van der Waals surface area contributed by atoms with E-state index in [1.54, 1.807) is 36.4 Å². The number of phenols is 2. The van der Waals surface area contributed by atoms with Crippen molar-refractivity contribution in [2.24, 2.45) is 0 Å². The van der Waals surface area contributed by atoms with Gasteiger partial charge in [0.2, 0.25) is 0 Å². The molecule has 22 heavy (non-hydrogen) atoms. The van der Waals surface area contributed by atoms with Gasteiger partial charge in [-0.15, -0.1) is 0 Å². The SMILES string of the molecule is CC(CCc1cccc(O)c1)NCC(O)c1ccc(O)cc1. The Morgan fingerprint density at radius 3 is 2.41 bits per heavy atom. The molecule has 2 atom stereocenters. The molecule has 0 fully saturated rings. The molecular weight excluding hydrogens is 278 g/mol. The van der Waals surface area contributed by atoms with Gasteiger partial charge in [-0.05, 0) is 55.2 Å². The largest absolute Gasteiger partial charge is 0.508 e. The number of aliphatic hydroxyl groups excluding tert-OH is 1. The van der Waals surface area contributed by atoms with E-state index in [9.17, 15) is 15.3 Å². The second-order valence-electron chi connectivity index (χ2n) is 5.63. The monoisotopic (exact) mass is 301 g/mol. The molecule has 0 saturated heterocycles. The summed E-state index contributed by atoms with van der Waals surface area (Å²) in [4.78, 5) is 0. The van der Waals surface area contributed by atoms with Crippen LogP contribution >= 0.6 is 0 Å². The molecule has 2 rings (SSSR count). The van der Waals surface area contributed by atoms with E-state index in [0.717, 1.165) is 24.0 Å². The highest BCUT2D eigenvalue weighted by atomic mass is 16.3. The van der Waals surface area contributed by atoms with Crippen LogP contribution in [-0.2, 0) is 6.42 Å². The zero-order valence-corrected chi connectivity index (χ0v) is 12.7. The summed E-state index contributed by atoms with van der Waals surface area (Å²) in [6.45, 7) is 2.54. The maximum atomic E-state index is 10.1. The molecule has 0 amide bonds. The van der Waals surface area contributed by atoms with E-state index in [2.05, 4.69) is 12.2 Å². The molecule has 2 aromatic rings. The molecule has 118 valence electrons. The number of phenolic OH excluding ortho intramolecular Hbond substituents is 2. The molecule has 0 aliphatic heterocycles. The molecule has 0 aliphatic rings. The first-order chi connectivity index (χ1) is 10.5. The predicted molar refractivity (Wildman–Crippen MR) is 87.0 cm³/mol. The van der Waals surface area contributed by atoms with E-state index < -0.39 is 6.10 Å². The number of nitrogens with one attached hydrogen (secondary N) is 1. The number of aryl methyl sites for hydroxylation is 1. The van der Waals surface area contributed by atoms with Gasteiger partial charge in [0.25, 0.3) is 0 Å². The van der Waals surface area contributed by atoms with Crippen molar-refractivity contribution >= 4 is 0 Å². The highest BCUT2D eigenvalue weighted by molar-refractivity contribution is 5.28. The lowest BCUT2D eigenvalue weighted by molar-refractivity contribution is 0.170. The van der Waals surface area contributed by atoms with Crippen molar-refractivity contribution in [3.05, 3.63) is 59.7 Å². The summed E-state index contributed by atoms with van der Waals surface area (Å²) in [5, 5.41) is 32.1. The third kappa shape index (κ3) is 5.06. The lowest BCUT2D eigenvalue weighted by atomic mass is 10.0. The van der Waals surface area contributed by atoms with Gasteiger partial charge in [-0.2, -0.15) is 0 Å². The maximum absolute atomic E-state index is 10.1. The van der Waals surface area contributed by atoms with E-state index in [-0.39, 0.29) is 11.8 Å². The Labute approximate surface area is 131 Å². The summed E-state index contributed by atoms with van der Waals surface area (Å²) in [6, 6.07) is 14.1. The van der Waals surface area contributed by atoms with Crippen molar-refractivity contribution in [1.82, 2.24) is 5.32 Å². The molecule has 2 aromatic carbocycles. The fourth-order valence-electron chi connectivity index (χ4n) is 2.32. The normalized spacial score (nSPS) is 13.7. The van der Waals surface area contributed by atoms with E-state index in [1.807, 2.05) is 12.1 Å². The van der Waals surface area contributed by atoms with Crippen molar-refractivity contribution in [2.75, 3.05) is 6.54 Å². The van der Waals surface area contributed by atoms with Crippen LogP contribution in [-0.4, -0.2) is 27.9 Å².